The number of hydrogen-bond acceptors (Lipinski definition) is 5. The largest absolute Gasteiger partial charge is 0.493 e. The first-order valence-electron chi connectivity index (χ1n) is 9.54. The average molecular weight is 380 g/mol. The van der Waals surface area contributed by atoms with Crippen molar-refractivity contribution in [2.75, 3.05) is 19.7 Å². The topological polar surface area (TPSA) is 100 Å². The van der Waals surface area contributed by atoms with Gasteiger partial charge in [0.15, 0.2) is 11.7 Å². The molecule has 28 heavy (non-hydrogen) atoms. The number of hydrogen-bond donors (Lipinski definition) is 3. The molecule has 0 spiro atoms. The van der Waals surface area contributed by atoms with Gasteiger partial charge in [-0.15, -0.1) is 5.10 Å². The molecule has 0 fully saturated rings. The lowest BCUT2D eigenvalue weighted by atomic mass is 10.1. The molecule has 0 radical (unpaired) electrons. The Kier molecular flexibility index (Phi) is 5.56. The van der Waals surface area contributed by atoms with Crippen LogP contribution in [0.4, 0.5) is 0 Å². The minimum absolute atomic E-state index is 0.402. The standard InChI is InChI=1S/C20H24N6O2/c1-2-21-20(22-9-7-14-5-6-16-15(12-14)8-11-28-16)23-13-18-24-19(26-25-18)17-4-3-10-27-17/h3-6,10,12H,2,7-9,11,13H2,1H3,(H2,21,22,23)(H,24,25,26). The van der Waals surface area contributed by atoms with E-state index in [9.17, 15) is 0 Å². The molecule has 0 bridgehead atoms. The van der Waals surface area contributed by atoms with Crippen LogP contribution in [-0.4, -0.2) is 40.8 Å². The molecular formula is C20H24N6O2. The van der Waals surface area contributed by atoms with Gasteiger partial charge < -0.3 is 19.8 Å². The van der Waals surface area contributed by atoms with Crippen molar-refractivity contribution in [1.82, 2.24) is 25.8 Å². The molecule has 3 aromatic rings. The highest BCUT2D eigenvalue weighted by atomic mass is 16.5. The smallest absolute Gasteiger partial charge is 0.216 e. The summed E-state index contributed by atoms with van der Waals surface area (Å²) in [6.45, 7) is 4.81. The van der Waals surface area contributed by atoms with Crippen LogP contribution in [0, 0.1) is 0 Å². The monoisotopic (exact) mass is 380 g/mol. The van der Waals surface area contributed by atoms with Crippen molar-refractivity contribution < 1.29 is 9.15 Å². The van der Waals surface area contributed by atoms with Gasteiger partial charge in [-0.2, -0.15) is 0 Å². The van der Waals surface area contributed by atoms with Gasteiger partial charge in [-0.05, 0) is 42.7 Å². The van der Waals surface area contributed by atoms with E-state index < -0.39 is 0 Å². The summed E-state index contributed by atoms with van der Waals surface area (Å²) in [5.41, 5.74) is 2.60. The predicted molar refractivity (Wildman–Crippen MR) is 106 cm³/mol. The fraction of sp³-hybridized carbons (Fsp3) is 0.350. The second kappa shape index (κ2) is 8.60. The number of aromatic amines is 1. The lowest BCUT2D eigenvalue weighted by Crippen LogP contribution is -2.38. The van der Waals surface area contributed by atoms with E-state index in [0.29, 0.717) is 24.0 Å². The van der Waals surface area contributed by atoms with Gasteiger partial charge in [0.05, 0.1) is 12.9 Å². The van der Waals surface area contributed by atoms with Crippen LogP contribution in [0.5, 0.6) is 5.75 Å². The summed E-state index contributed by atoms with van der Waals surface area (Å²) in [5.74, 6) is 3.63. The highest BCUT2D eigenvalue weighted by Gasteiger charge is 2.12. The van der Waals surface area contributed by atoms with Crippen molar-refractivity contribution in [3.63, 3.8) is 0 Å². The summed E-state index contributed by atoms with van der Waals surface area (Å²) in [7, 11) is 0. The Bertz CT molecular complexity index is 932. The number of furan rings is 1. The SMILES string of the molecule is CCNC(=NCc1nc(-c2ccco2)n[nH]1)NCCc1ccc2c(c1)CCO2. The third-order valence-electron chi connectivity index (χ3n) is 4.46. The molecule has 3 heterocycles. The van der Waals surface area contributed by atoms with Crippen LogP contribution >= 0.6 is 0 Å². The number of nitrogens with zero attached hydrogens (tertiary/aromatic N) is 3. The molecule has 4 rings (SSSR count). The minimum atomic E-state index is 0.402. The van der Waals surface area contributed by atoms with Crippen molar-refractivity contribution in [2.24, 2.45) is 4.99 Å². The molecule has 0 unspecified atom stereocenters. The molecule has 2 aromatic heterocycles. The normalized spacial score (nSPS) is 13.2. The lowest BCUT2D eigenvalue weighted by Gasteiger charge is -2.11. The molecule has 8 heteroatoms. The second-order valence-corrected chi connectivity index (χ2v) is 6.50. The van der Waals surface area contributed by atoms with Gasteiger partial charge in [-0.3, -0.25) is 5.10 Å². The number of fused-ring (bicyclic) bond motifs is 1. The van der Waals surface area contributed by atoms with Gasteiger partial charge in [0.25, 0.3) is 0 Å². The fourth-order valence-corrected chi connectivity index (χ4v) is 3.10. The first-order chi connectivity index (χ1) is 13.8. The van der Waals surface area contributed by atoms with Crippen LogP contribution < -0.4 is 15.4 Å². The Morgan fingerprint density at radius 3 is 3.11 bits per heavy atom. The third-order valence-corrected chi connectivity index (χ3v) is 4.46. The van der Waals surface area contributed by atoms with Gasteiger partial charge in [0.2, 0.25) is 5.82 Å². The number of aromatic nitrogens is 3. The molecular weight excluding hydrogens is 356 g/mol. The lowest BCUT2D eigenvalue weighted by molar-refractivity contribution is 0.357. The maximum Gasteiger partial charge on any atom is 0.216 e. The van der Waals surface area contributed by atoms with Crippen molar-refractivity contribution in [2.45, 2.75) is 26.3 Å². The molecule has 0 atom stereocenters. The molecule has 1 aromatic carbocycles. The summed E-state index contributed by atoms with van der Waals surface area (Å²) >= 11 is 0. The summed E-state index contributed by atoms with van der Waals surface area (Å²) in [5, 5.41) is 13.7. The van der Waals surface area contributed by atoms with E-state index in [-0.39, 0.29) is 0 Å². The van der Waals surface area contributed by atoms with Gasteiger partial charge in [0, 0.05) is 19.5 Å². The third kappa shape index (κ3) is 4.33. The highest BCUT2D eigenvalue weighted by Crippen LogP contribution is 2.25. The van der Waals surface area contributed by atoms with Crippen molar-refractivity contribution >= 4 is 5.96 Å². The summed E-state index contributed by atoms with van der Waals surface area (Å²) in [6, 6.07) is 10.1. The number of guanidine groups is 1. The highest BCUT2D eigenvalue weighted by molar-refractivity contribution is 5.79. The van der Waals surface area contributed by atoms with Crippen molar-refractivity contribution in [3.8, 4) is 17.3 Å². The maximum absolute atomic E-state index is 5.56. The maximum atomic E-state index is 5.56. The molecule has 0 aliphatic carbocycles. The molecule has 1 aliphatic heterocycles. The summed E-state index contributed by atoms with van der Waals surface area (Å²) in [4.78, 5) is 8.99. The number of benzene rings is 1. The number of rotatable bonds is 7. The Labute approximate surface area is 163 Å². The number of nitrogens with one attached hydrogen (secondary N) is 3. The zero-order chi connectivity index (χ0) is 19.2. The van der Waals surface area contributed by atoms with E-state index in [2.05, 4.69) is 49.0 Å². The Morgan fingerprint density at radius 1 is 1.29 bits per heavy atom. The van der Waals surface area contributed by atoms with E-state index >= 15 is 0 Å². The van der Waals surface area contributed by atoms with Crippen LogP contribution in [0.25, 0.3) is 11.6 Å². The van der Waals surface area contributed by atoms with Gasteiger partial charge >= 0.3 is 0 Å². The Balaban J connectivity index is 1.32. The average Bonchev–Trinajstić information content (AvgIpc) is 3.46. The number of H-pyrrole nitrogens is 1. The summed E-state index contributed by atoms with van der Waals surface area (Å²) in [6.07, 6.45) is 3.52. The molecule has 3 N–H and O–H groups in total. The van der Waals surface area contributed by atoms with Crippen LogP contribution in [-0.2, 0) is 19.4 Å². The van der Waals surface area contributed by atoms with Crippen molar-refractivity contribution in [1.29, 1.82) is 0 Å². The Morgan fingerprint density at radius 2 is 2.25 bits per heavy atom. The number of aliphatic imine (C=N–C) groups is 1. The minimum Gasteiger partial charge on any atom is -0.493 e. The molecule has 0 amide bonds. The van der Waals surface area contributed by atoms with Gasteiger partial charge in [-0.25, -0.2) is 9.98 Å². The number of ether oxygens (including phenoxy) is 1. The zero-order valence-corrected chi connectivity index (χ0v) is 15.9. The Hall–Kier alpha value is -3.29. The predicted octanol–water partition coefficient (Wildman–Crippen LogP) is 2.30. The molecule has 0 saturated carbocycles. The van der Waals surface area contributed by atoms with Gasteiger partial charge in [-0.1, -0.05) is 12.1 Å². The van der Waals surface area contributed by atoms with Crippen molar-refractivity contribution in [3.05, 3.63) is 53.5 Å². The van der Waals surface area contributed by atoms with Gasteiger partial charge in [0.1, 0.15) is 18.1 Å². The van der Waals surface area contributed by atoms with E-state index in [1.807, 2.05) is 19.1 Å². The first kappa shape index (κ1) is 18.1. The van der Waals surface area contributed by atoms with E-state index in [4.69, 9.17) is 9.15 Å². The van der Waals surface area contributed by atoms with Crippen LogP contribution in [0.2, 0.25) is 0 Å². The molecule has 146 valence electrons. The van der Waals surface area contributed by atoms with Crippen LogP contribution in [0.3, 0.4) is 0 Å². The zero-order valence-electron chi connectivity index (χ0n) is 15.9. The fourth-order valence-electron chi connectivity index (χ4n) is 3.10. The molecule has 0 saturated heterocycles. The van der Waals surface area contributed by atoms with E-state index in [0.717, 1.165) is 44.2 Å². The van der Waals surface area contributed by atoms with E-state index in [1.54, 1.807) is 6.26 Å². The molecule has 8 nitrogen and oxygen atoms in total. The second-order valence-electron chi connectivity index (χ2n) is 6.50. The first-order valence-corrected chi connectivity index (χ1v) is 9.54. The summed E-state index contributed by atoms with van der Waals surface area (Å²) < 4.78 is 10.9. The van der Waals surface area contributed by atoms with Crippen LogP contribution in [0.1, 0.15) is 23.9 Å². The van der Waals surface area contributed by atoms with Crippen LogP contribution in [0.15, 0.2) is 46.0 Å². The molecule has 1 aliphatic rings. The quantitative estimate of drug-likeness (QED) is 0.430. The van der Waals surface area contributed by atoms with E-state index in [1.165, 1.54) is 11.1 Å².